The first-order chi connectivity index (χ1) is 17.0. The molecule has 0 aliphatic rings. The van der Waals surface area contributed by atoms with Crippen LogP contribution in [0.25, 0.3) is 11.3 Å². The summed E-state index contributed by atoms with van der Waals surface area (Å²) >= 11 is 0. The van der Waals surface area contributed by atoms with E-state index in [0.717, 1.165) is 16.9 Å². The molecule has 0 radical (unpaired) electrons. The SMILES string of the molecule is CC(C)(Cn1nc(C(F)(F)F)cc1-c1cnc(C(C)(C)O)nc1)NC(=O)[C@H](N)Cc1cnn(C(F)F)c1. The highest BCUT2D eigenvalue weighted by molar-refractivity contribution is 5.82. The molecular formula is C22H27F5N8O2. The Labute approximate surface area is 208 Å². The van der Waals surface area contributed by atoms with Crippen molar-refractivity contribution >= 4 is 5.91 Å². The first-order valence-corrected chi connectivity index (χ1v) is 11.1. The highest BCUT2D eigenvalue weighted by Crippen LogP contribution is 2.32. The van der Waals surface area contributed by atoms with Crippen LogP contribution in [0.2, 0.25) is 0 Å². The van der Waals surface area contributed by atoms with Crippen molar-refractivity contribution in [2.24, 2.45) is 5.73 Å². The summed E-state index contributed by atoms with van der Waals surface area (Å²) in [7, 11) is 0. The number of halogens is 5. The van der Waals surface area contributed by atoms with E-state index in [1.165, 1.54) is 32.4 Å². The average molecular weight is 531 g/mol. The van der Waals surface area contributed by atoms with Gasteiger partial charge in [0.15, 0.2) is 11.5 Å². The Morgan fingerprint density at radius 3 is 2.27 bits per heavy atom. The molecule has 0 saturated carbocycles. The van der Waals surface area contributed by atoms with Crippen molar-refractivity contribution in [3.8, 4) is 11.3 Å². The van der Waals surface area contributed by atoms with Gasteiger partial charge in [-0.1, -0.05) is 0 Å². The van der Waals surface area contributed by atoms with E-state index in [9.17, 15) is 31.9 Å². The van der Waals surface area contributed by atoms with Gasteiger partial charge < -0.3 is 16.2 Å². The van der Waals surface area contributed by atoms with Crippen LogP contribution in [-0.2, 0) is 29.5 Å². The molecule has 10 nitrogen and oxygen atoms in total. The number of rotatable bonds is 9. The van der Waals surface area contributed by atoms with Crippen LogP contribution in [0.4, 0.5) is 22.0 Å². The van der Waals surface area contributed by atoms with Gasteiger partial charge in [-0.2, -0.15) is 32.1 Å². The smallest absolute Gasteiger partial charge is 0.382 e. The van der Waals surface area contributed by atoms with E-state index in [4.69, 9.17) is 5.73 Å². The number of hydrogen-bond acceptors (Lipinski definition) is 7. The van der Waals surface area contributed by atoms with Crippen molar-refractivity contribution in [1.29, 1.82) is 0 Å². The van der Waals surface area contributed by atoms with Crippen molar-refractivity contribution in [2.45, 2.75) is 70.6 Å². The molecule has 3 rings (SSSR count). The second-order valence-electron chi connectivity index (χ2n) is 9.71. The maximum atomic E-state index is 13.4. The summed E-state index contributed by atoms with van der Waals surface area (Å²) in [6.45, 7) is 3.05. The molecule has 0 spiro atoms. The number of hydrogen-bond donors (Lipinski definition) is 3. The Kier molecular flexibility index (Phi) is 7.69. The Bertz CT molecular complexity index is 1230. The monoisotopic (exact) mass is 530 g/mol. The number of carbonyl (C=O) groups excluding carboxylic acids is 1. The molecule has 3 aromatic rings. The van der Waals surface area contributed by atoms with Crippen LogP contribution in [0.1, 0.15) is 51.3 Å². The van der Waals surface area contributed by atoms with Crippen LogP contribution in [0.3, 0.4) is 0 Å². The number of nitrogens with two attached hydrogens (primary N) is 1. The molecule has 4 N–H and O–H groups in total. The molecule has 0 saturated heterocycles. The van der Waals surface area contributed by atoms with Crippen LogP contribution in [0.15, 0.2) is 30.9 Å². The van der Waals surface area contributed by atoms with Gasteiger partial charge in [0, 0.05) is 24.2 Å². The Morgan fingerprint density at radius 2 is 1.76 bits per heavy atom. The molecule has 3 aromatic heterocycles. The van der Waals surface area contributed by atoms with Gasteiger partial charge in [0.2, 0.25) is 5.91 Å². The topological polar surface area (TPSA) is 137 Å². The summed E-state index contributed by atoms with van der Waals surface area (Å²) in [4.78, 5) is 20.8. The van der Waals surface area contributed by atoms with E-state index in [0.29, 0.717) is 10.2 Å². The summed E-state index contributed by atoms with van der Waals surface area (Å²) in [5.74, 6) is -0.559. The molecule has 0 bridgehead atoms. The van der Waals surface area contributed by atoms with Gasteiger partial charge in [0.25, 0.3) is 0 Å². The Balaban J connectivity index is 1.80. The molecule has 1 amide bonds. The molecule has 0 unspecified atom stereocenters. The minimum atomic E-state index is -4.73. The van der Waals surface area contributed by atoms with Crippen LogP contribution >= 0.6 is 0 Å². The zero-order valence-corrected chi connectivity index (χ0v) is 20.5. The second-order valence-corrected chi connectivity index (χ2v) is 9.71. The van der Waals surface area contributed by atoms with Crippen LogP contribution in [0, 0.1) is 0 Å². The lowest BCUT2D eigenvalue weighted by Crippen LogP contribution is -2.53. The van der Waals surface area contributed by atoms with Gasteiger partial charge in [0.05, 0.1) is 30.0 Å². The lowest BCUT2D eigenvalue weighted by molar-refractivity contribution is -0.141. The zero-order chi connectivity index (χ0) is 27.8. The molecule has 0 fully saturated rings. The number of nitrogens with zero attached hydrogens (tertiary/aromatic N) is 6. The van der Waals surface area contributed by atoms with Gasteiger partial charge in [0.1, 0.15) is 5.60 Å². The molecule has 0 aliphatic carbocycles. The number of nitrogens with one attached hydrogen (secondary N) is 1. The van der Waals surface area contributed by atoms with Gasteiger partial charge in [-0.25, -0.2) is 14.6 Å². The third kappa shape index (κ3) is 7.07. The maximum absolute atomic E-state index is 13.4. The van der Waals surface area contributed by atoms with Gasteiger partial charge in [-0.3, -0.25) is 9.48 Å². The summed E-state index contributed by atoms with van der Waals surface area (Å²) < 4.78 is 67.2. The fourth-order valence-electron chi connectivity index (χ4n) is 3.46. The minimum absolute atomic E-state index is 0.0423. The number of alkyl halides is 5. The molecule has 0 aliphatic heterocycles. The zero-order valence-electron chi connectivity index (χ0n) is 20.5. The van der Waals surface area contributed by atoms with Crippen LogP contribution < -0.4 is 11.1 Å². The van der Waals surface area contributed by atoms with Crippen LogP contribution in [0.5, 0.6) is 0 Å². The van der Waals surface area contributed by atoms with E-state index in [1.807, 2.05) is 0 Å². The number of aromatic nitrogens is 6. The first kappa shape index (κ1) is 28.1. The largest absolute Gasteiger partial charge is 0.435 e. The fourth-order valence-corrected chi connectivity index (χ4v) is 3.46. The van der Waals surface area contributed by atoms with E-state index in [-0.39, 0.29) is 30.0 Å². The minimum Gasteiger partial charge on any atom is -0.382 e. The third-order valence-corrected chi connectivity index (χ3v) is 5.22. The number of aliphatic hydroxyl groups is 1. The van der Waals surface area contributed by atoms with Crippen molar-refractivity contribution < 1.29 is 31.9 Å². The Hall–Kier alpha value is -3.46. The van der Waals surface area contributed by atoms with E-state index < -0.39 is 41.5 Å². The van der Waals surface area contributed by atoms with Crippen molar-refractivity contribution in [3.63, 3.8) is 0 Å². The van der Waals surface area contributed by atoms with E-state index >= 15 is 0 Å². The molecule has 15 heteroatoms. The summed E-state index contributed by atoms with van der Waals surface area (Å²) in [5.41, 5.74) is 2.87. The molecule has 1 atom stereocenters. The number of carbonyl (C=O) groups is 1. The lowest BCUT2D eigenvalue weighted by atomic mass is 10.0. The molecule has 37 heavy (non-hydrogen) atoms. The second kappa shape index (κ2) is 10.1. The molecule has 202 valence electrons. The fraction of sp³-hybridized carbons (Fsp3) is 0.500. The van der Waals surface area contributed by atoms with Crippen molar-refractivity contribution in [2.75, 3.05) is 0 Å². The Morgan fingerprint density at radius 1 is 1.14 bits per heavy atom. The molecule has 0 aromatic carbocycles. The quantitative estimate of drug-likeness (QED) is 0.362. The standard InChI is InChI=1S/C22H27F5N8O2/c1-20(2,32-17(36)14(28)5-12-7-31-34(10-12)19(23)24)11-35-15(6-16(33-35)22(25,26)27)13-8-29-18(30-9-13)21(3,4)37/h6-10,14,19,37H,5,11,28H2,1-4H3,(H,32,36)/t14-/m1/s1. The lowest BCUT2D eigenvalue weighted by Gasteiger charge is -2.28. The first-order valence-electron chi connectivity index (χ1n) is 11.1. The average Bonchev–Trinajstić information content (AvgIpc) is 3.39. The summed E-state index contributed by atoms with van der Waals surface area (Å²) in [6.07, 6.45) is -0.0194. The molecule has 3 heterocycles. The normalized spacial score (nSPS) is 13.7. The van der Waals surface area contributed by atoms with E-state index in [2.05, 4.69) is 25.5 Å². The molecular weight excluding hydrogens is 503 g/mol. The summed E-state index contributed by atoms with van der Waals surface area (Å²) in [5, 5.41) is 19.9. The predicted molar refractivity (Wildman–Crippen MR) is 121 cm³/mol. The van der Waals surface area contributed by atoms with Gasteiger partial charge in [-0.05, 0) is 45.7 Å². The highest BCUT2D eigenvalue weighted by Gasteiger charge is 2.36. The van der Waals surface area contributed by atoms with Gasteiger partial charge >= 0.3 is 12.7 Å². The van der Waals surface area contributed by atoms with Crippen molar-refractivity contribution in [3.05, 3.63) is 47.9 Å². The highest BCUT2D eigenvalue weighted by atomic mass is 19.4. The van der Waals surface area contributed by atoms with Crippen molar-refractivity contribution in [1.82, 2.24) is 34.8 Å². The van der Waals surface area contributed by atoms with E-state index in [1.54, 1.807) is 13.8 Å². The van der Waals surface area contributed by atoms with Crippen LogP contribution in [-0.4, -0.2) is 52.1 Å². The third-order valence-electron chi connectivity index (χ3n) is 5.22. The maximum Gasteiger partial charge on any atom is 0.435 e. The number of amides is 1. The predicted octanol–water partition coefficient (Wildman–Crippen LogP) is 2.64. The summed E-state index contributed by atoms with van der Waals surface area (Å²) in [6, 6.07) is -0.285. The van der Waals surface area contributed by atoms with Gasteiger partial charge in [-0.15, -0.1) is 0 Å².